The molecule has 38 heavy (non-hydrogen) atoms. The zero-order chi connectivity index (χ0) is 26.6. The van der Waals surface area contributed by atoms with Crippen LogP contribution in [0.25, 0.3) is 0 Å². The van der Waals surface area contributed by atoms with Gasteiger partial charge in [0, 0.05) is 12.3 Å². The molecule has 0 radical (unpaired) electrons. The van der Waals surface area contributed by atoms with Gasteiger partial charge in [0.2, 0.25) is 0 Å². The molecule has 15 atom stereocenters. The van der Waals surface area contributed by atoms with Gasteiger partial charge in [-0.25, -0.2) is 0 Å². The molecule has 1 spiro atoms. The van der Waals surface area contributed by atoms with E-state index in [1.807, 2.05) is 0 Å². The minimum absolute atomic E-state index is 0.0476. The fraction of sp³-hybridized carbons (Fsp3) is 0.938. The maximum absolute atomic E-state index is 10.4. The molecule has 0 aromatic rings. The van der Waals surface area contributed by atoms with E-state index in [1.165, 1.54) is 32.1 Å². The van der Waals surface area contributed by atoms with E-state index in [1.54, 1.807) is 12.5 Å². The predicted molar refractivity (Wildman–Crippen MR) is 143 cm³/mol. The van der Waals surface area contributed by atoms with Gasteiger partial charge >= 0.3 is 0 Å². The molecule has 0 amide bonds. The molecule has 3 saturated heterocycles. The Morgan fingerprint density at radius 3 is 2.50 bits per heavy atom. The lowest BCUT2D eigenvalue weighted by Crippen LogP contribution is -2.52. The summed E-state index contributed by atoms with van der Waals surface area (Å²) in [6, 6.07) is 0. The summed E-state index contributed by atoms with van der Waals surface area (Å²) in [5.74, 6) is 3.59. The first-order chi connectivity index (χ1) is 18.1. The Morgan fingerprint density at radius 2 is 1.79 bits per heavy atom. The third-order valence-corrected chi connectivity index (χ3v) is 13.1. The monoisotopic (exact) mass is 530 g/mol. The van der Waals surface area contributed by atoms with E-state index >= 15 is 0 Å². The Labute approximate surface area is 228 Å². The average Bonchev–Trinajstić information content (AvgIpc) is 3.43. The molecule has 7 rings (SSSR count). The van der Waals surface area contributed by atoms with Crippen LogP contribution in [0, 0.1) is 46.3 Å². The number of hydrogen-bond donors (Lipinski definition) is 2. The number of aliphatic hydroxyl groups excluding tert-OH is 2. The van der Waals surface area contributed by atoms with Gasteiger partial charge in [0.1, 0.15) is 12.2 Å². The Morgan fingerprint density at radius 1 is 0.974 bits per heavy atom. The van der Waals surface area contributed by atoms with Crippen LogP contribution in [-0.4, -0.2) is 59.4 Å². The number of hydrogen-bond acceptors (Lipinski definition) is 6. The fourth-order valence-corrected chi connectivity index (χ4v) is 10.9. The van der Waals surface area contributed by atoms with Gasteiger partial charge in [-0.3, -0.25) is 0 Å². The third kappa shape index (κ3) is 3.66. The molecule has 214 valence electrons. The van der Waals surface area contributed by atoms with Gasteiger partial charge in [-0.05, 0) is 98.7 Å². The van der Waals surface area contributed by atoms with Gasteiger partial charge in [0.05, 0.1) is 24.9 Å². The smallest absolute Gasteiger partial charge is 0.186 e. The molecule has 4 aliphatic carbocycles. The van der Waals surface area contributed by atoms with E-state index in [9.17, 15) is 10.2 Å². The van der Waals surface area contributed by atoms with Gasteiger partial charge in [-0.2, -0.15) is 0 Å². The minimum Gasteiger partial charge on any atom is -0.388 e. The SMILES string of the molecule is C[C@@H]1CC[C@@]2(OC1)O[C@H]1C[C@H]3[C@@H]4CC=C5C[C@@H](O[C@@H]6O[C@H](C)[C@@H](O)[C@H]6O)CC[C@]5(C)[C@H]4CC[C@]3(C)[C@H]1[C@@H]2C. The topological polar surface area (TPSA) is 77.4 Å². The lowest BCUT2D eigenvalue weighted by molar-refractivity contribution is -0.272. The van der Waals surface area contributed by atoms with E-state index in [4.69, 9.17) is 18.9 Å². The van der Waals surface area contributed by atoms with Crippen LogP contribution in [0.15, 0.2) is 11.6 Å². The van der Waals surface area contributed by atoms with Crippen LogP contribution >= 0.6 is 0 Å². The highest BCUT2D eigenvalue weighted by Crippen LogP contribution is 2.70. The summed E-state index contributed by atoms with van der Waals surface area (Å²) in [6.45, 7) is 12.5. The molecule has 0 unspecified atom stereocenters. The normalized spacial score (nSPS) is 59.7. The van der Waals surface area contributed by atoms with E-state index < -0.39 is 24.6 Å². The number of fused-ring (bicyclic) bond motifs is 7. The largest absolute Gasteiger partial charge is 0.388 e. The second kappa shape index (κ2) is 9.00. The summed E-state index contributed by atoms with van der Waals surface area (Å²) in [5.41, 5.74) is 2.14. The number of rotatable bonds is 2. The predicted octanol–water partition coefficient (Wildman–Crippen LogP) is 5.20. The first kappa shape index (κ1) is 26.4. The quantitative estimate of drug-likeness (QED) is 0.478. The van der Waals surface area contributed by atoms with Crippen molar-refractivity contribution in [2.75, 3.05) is 6.61 Å². The summed E-state index contributed by atoms with van der Waals surface area (Å²) in [6.07, 6.45) is 10.3. The number of ether oxygens (including phenoxy) is 4. The van der Waals surface area contributed by atoms with Gasteiger partial charge in [-0.1, -0.05) is 39.3 Å². The van der Waals surface area contributed by atoms with Crippen LogP contribution in [0.2, 0.25) is 0 Å². The summed E-state index contributed by atoms with van der Waals surface area (Å²) in [4.78, 5) is 0. The lowest BCUT2D eigenvalue weighted by Gasteiger charge is -2.58. The molecule has 3 heterocycles. The first-order valence-electron chi connectivity index (χ1n) is 15.7. The molecule has 0 aromatic heterocycles. The van der Waals surface area contributed by atoms with Crippen LogP contribution in [0.5, 0.6) is 0 Å². The van der Waals surface area contributed by atoms with Crippen LogP contribution in [0.4, 0.5) is 0 Å². The molecular formula is C32H50O6. The highest BCUT2D eigenvalue weighted by atomic mass is 16.7. The van der Waals surface area contributed by atoms with Crippen molar-refractivity contribution in [1.82, 2.24) is 0 Å². The Balaban J connectivity index is 1.07. The summed E-state index contributed by atoms with van der Waals surface area (Å²) in [7, 11) is 0. The standard InChI is InChI=1S/C32H50O6/c1-17-8-13-32(35-16-17)18(2)26-25(38-32)15-24-22-7-6-20-14-21(37-29-28(34)27(33)19(3)36-29)9-11-30(20,4)23(22)10-12-31(24,26)5/h6,17-19,21-29,33-34H,7-16H2,1-5H3/t17-,18+,19-,21+,22-,23+,24+,25+,26+,27-,28-,29+,30+,31+,32-/m1/s1. The molecular weight excluding hydrogens is 480 g/mol. The molecule has 6 heteroatoms. The maximum atomic E-state index is 10.4. The van der Waals surface area contributed by atoms with Crippen LogP contribution < -0.4 is 0 Å². The Hall–Kier alpha value is -0.500. The van der Waals surface area contributed by atoms with E-state index in [0.717, 1.165) is 50.0 Å². The van der Waals surface area contributed by atoms with Crippen molar-refractivity contribution in [2.24, 2.45) is 46.3 Å². The molecule has 2 N–H and O–H groups in total. The highest BCUT2D eigenvalue weighted by molar-refractivity contribution is 5.26. The zero-order valence-corrected chi connectivity index (χ0v) is 24.1. The third-order valence-electron chi connectivity index (χ3n) is 13.1. The van der Waals surface area contributed by atoms with Crippen molar-refractivity contribution >= 4 is 0 Å². The van der Waals surface area contributed by atoms with E-state index in [2.05, 4.69) is 33.8 Å². The number of allylic oxidation sites excluding steroid dienone is 1. The molecule has 6 fully saturated rings. The van der Waals surface area contributed by atoms with Gasteiger partial charge < -0.3 is 29.2 Å². The zero-order valence-electron chi connectivity index (χ0n) is 24.1. The Bertz CT molecular complexity index is 958. The van der Waals surface area contributed by atoms with Crippen molar-refractivity contribution in [3.05, 3.63) is 11.6 Å². The van der Waals surface area contributed by atoms with Crippen molar-refractivity contribution in [3.8, 4) is 0 Å². The van der Waals surface area contributed by atoms with Crippen LogP contribution in [-0.2, 0) is 18.9 Å². The highest BCUT2D eigenvalue weighted by Gasteiger charge is 2.68. The van der Waals surface area contributed by atoms with Crippen LogP contribution in [0.3, 0.4) is 0 Å². The molecule has 3 aliphatic heterocycles. The van der Waals surface area contributed by atoms with Gasteiger partial charge in [0.25, 0.3) is 0 Å². The summed E-state index contributed by atoms with van der Waals surface area (Å²) in [5, 5.41) is 20.4. The van der Waals surface area contributed by atoms with Gasteiger partial charge in [-0.15, -0.1) is 0 Å². The summed E-state index contributed by atoms with van der Waals surface area (Å²) >= 11 is 0. The second-order valence-corrected chi connectivity index (χ2v) is 15.0. The van der Waals surface area contributed by atoms with Crippen LogP contribution in [0.1, 0.15) is 92.4 Å². The molecule has 0 aromatic carbocycles. The molecule has 0 bridgehead atoms. The minimum atomic E-state index is -0.966. The lowest BCUT2D eigenvalue weighted by atomic mass is 9.47. The molecule has 7 aliphatic rings. The molecule has 3 saturated carbocycles. The average molecular weight is 531 g/mol. The first-order valence-corrected chi connectivity index (χ1v) is 15.7. The molecule has 6 nitrogen and oxygen atoms in total. The fourth-order valence-electron chi connectivity index (χ4n) is 10.9. The second-order valence-electron chi connectivity index (χ2n) is 15.0. The van der Waals surface area contributed by atoms with Crippen molar-refractivity contribution in [3.63, 3.8) is 0 Å². The van der Waals surface area contributed by atoms with Crippen molar-refractivity contribution in [1.29, 1.82) is 0 Å². The maximum Gasteiger partial charge on any atom is 0.186 e. The summed E-state index contributed by atoms with van der Waals surface area (Å²) < 4.78 is 25.4. The number of aliphatic hydroxyl groups is 2. The Kier molecular flexibility index (Phi) is 6.25. The van der Waals surface area contributed by atoms with E-state index in [0.29, 0.717) is 29.3 Å². The van der Waals surface area contributed by atoms with Crippen molar-refractivity contribution in [2.45, 2.75) is 135 Å². The van der Waals surface area contributed by atoms with Gasteiger partial charge in [0.15, 0.2) is 12.1 Å². The van der Waals surface area contributed by atoms with E-state index in [-0.39, 0.29) is 17.3 Å². The van der Waals surface area contributed by atoms with Crippen molar-refractivity contribution < 1.29 is 29.2 Å².